The number of nitrogens with one attached hydrogen (secondary N) is 2. The maximum absolute atomic E-state index is 13.6. The molecule has 0 spiro atoms. The van der Waals surface area contributed by atoms with Crippen LogP contribution >= 0.6 is 0 Å². The van der Waals surface area contributed by atoms with Crippen molar-refractivity contribution >= 4 is 43.0 Å². The van der Waals surface area contributed by atoms with E-state index in [9.17, 15) is 8.42 Å². The van der Waals surface area contributed by atoms with Gasteiger partial charge in [-0.05, 0) is 30.3 Å². The van der Waals surface area contributed by atoms with E-state index < -0.39 is 10.0 Å². The fourth-order valence-corrected chi connectivity index (χ4v) is 6.38. The van der Waals surface area contributed by atoms with Gasteiger partial charge in [-0.25, -0.2) is 22.4 Å². The van der Waals surface area contributed by atoms with Crippen molar-refractivity contribution in [2.24, 2.45) is 0 Å². The maximum Gasteiger partial charge on any atom is 0.268 e. The Hall–Kier alpha value is -4.80. The Labute approximate surface area is 223 Å². The standard InChI is InChI=1S/C29H22N6O3S/c1-38-17-18-8-7-12-24-26(18)32-29(31-24)27-22-14-19(15-30-28(22)34-33-27)23-16-35(25-13-6-5-11-21(23)25)39(36,37)20-9-3-2-4-10-20/h2-16H,17H2,1H3,(H,31,32)(H,30,33,34). The summed E-state index contributed by atoms with van der Waals surface area (Å²) in [5, 5.41) is 9.02. The number of methoxy groups -OCH3 is 1. The molecule has 0 saturated carbocycles. The summed E-state index contributed by atoms with van der Waals surface area (Å²) in [7, 11) is -2.15. The van der Waals surface area contributed by atoms with E-state index in [-0.39, 0.29) is 4.90 Å². The van der Waals surface area contributed by atoms with E-state index >= 15 is 0 Å². The molecule has 0 unspecified atom stereocenters. The molecule has 4 heterocycles. The summed E-state index contributed by atoms with van der Waals surface area (Å²) in [5.74, 6) is 0.629. The summed E-state index contributed by atoms with van der Waals surface area (Å²) in [6.07, 6.45) is 3.37. The van der Waals surface area contributed by atoms with Crippen molar-refractivity contribution in [3.05, 3.63) is 96.8 Å². The Morgan fingerprint density at radius 1 is 0.949 bits per heavy atom. The smallest absolute Gasteiger partial charge is 0.268 e. The molecule has 0 aliphatic heterocycles. The Bertz CT molecular complexity index is 2110. The lowest BCUT2D eigenvalue weighted by Crippen LogP contribution is -2.11. The third-order valence-electron chi connectivity index (χ3n) is 6.83. The SMILES string of the molecule is COCc1cccc2[nH]c(-c3[nH]nc4ncc(-c5cn(S(=O)(=O)c6ccccc6)c6ccccc56)cc34)nc12. The number of imidazole rings is 1. The first kappa shape index (κ1) is 23.3. The predicted octanol–water partition coefficient (Wildman–Crippen LogP) is 5.51. The van der Waals surface area contributed by atoms with Crippen molar-refractivity contribution in [3.8, 4) is 22.6 Å². The van der Waals surface area contributed by atoms with Gasteiger partial charge in [0.05, 0.1) is 33.4 Å². The van der Waals surface area contributed by atoms with Crippen LogP contribution in [0.5, 0.6) is 0 Å². The summed E-state index contributed by atoms with van der Waals surface area (Å²) in [4.78, 5) is 13.0. The molecule has 2 N–H and O–H groups in total. The van der Waals surface area contributed by atoms with Crippen molar-refractivity contribution in [3.63, 3.8) is 0 Å². The van der Waals surface area contributed by atoms with E-state index in [1.165, 1.54) is 3.97 Å². The van der Waals surface area contributed by atoms with Gasteiger partial charge in [-0.2, -0.15) is 5.10 Å². The summed E-state index contributed by atoms with van der Waals surface area (Å²) in [6.45, 7) is 0.451. The number of nitrogens with zero attached hydrogens (tertiary/aromatic N) is 4. The van der Waals surface area contributed by atoms with E-state index in [1.54, 1.807) is 55.9 Å². The quantitative estimate of drug-likeness (QED) is 0.291. The molecule has 4 aromatic heterocycles. The molecule has 39 heavy (non-hydrogen) atoms. The number of hydrogen-bond donors (Lipinski definition) is 2. The number of rotatable bonds is 6. The molecule has 0 radical (unpaired) electrons. The number of benzene rings is 3. The van der Waals surface area contributed by atoms with Crippen molar-refractivity contribution in [1.29, 1.82) is 0 Å². The van der Waals surface area contributed by atoms with Crippen LogP contribution in [0.3, 0.4) is 0 Å². The molecule has 3 aromatic carbocycles. The predicted molar refractivity (Wildman–Crippen MR) is 150 cm³/mol. The Balaban J connectivity index is 1.39. The highest BCUT2D eigenvalue weighted by Crippen LogP contribution is 2.35. The molecule has 0 amide bonds. The van der Waals surface area contributed by atoms with Gasteiger partial charge in [-0.15, -0.1) is 0 Å². The normalized spacial score (nSPS) is 12.1. The van der Waals surface area contributed by atoms with E-state index in [1.807, 2.05) is 42.5 Å². The summed E-state index contributed by atoms with van der Waals surface area (Å²) < 4.78 is 33.8. The third-order valence-corrected chi connectivity index (χ3v) is 8.52. The Morgan fingerprint density at radius 2 is 1.77 bits per heavy atom. The van der Waals surface area contributed by atoms with Crippen LogP contribution < -0.4 is 0 Å². The second-order valence-electron chi connectivity index (χ2n) is 9.20. The lowest BCUT2D eigenvalue weighted by Gasteiger charge is -2.07. The highest BCUT2D eigenvalue weighted by molar-refractivity contribution is 7.90. The van der Waals surface area contributed by atoms with Crippen LogP contribution in [0.1, 0.15) is 5.56 Å². The number of hydrogen-bond acceptors (Lipinski definition) is 6. The fourth-order valence-electron chi connectivity index (χ4n) is 4.99. The number of para-hydroxylation sites is 2. The average Bonchev–Trinajstić information content (AvgIpc) is 3.69. The number of H-pyrrole nitrogens is 2. The molecular formula is C29H22N6O3S. The summed E-state index contributed by atoms with van der Waals surface area (Å²) >= 11 is 0. The van der Waals surface area contributed by atoms with Crippen molar-refractivity contribution in [1.82, 2.24) is 29.1 Å². The largest absolute Gasteiger partial charge is 0.380 e. The number of fused-ring (bicyclic) bond motifs is 3. The lowest BCUT2D eigenvalue weighted by molar-refractivity contribution is 0.186. The minimum Gasteiger partial charge on any atom is -0.380 e. The molecular weight excluding hydrogens is 512 g/mol. The van der Waals surface area contributed by atoms with E-state index in [0.29, 0.717) is 29.3 Å². The van der Waals surface area contributed by atoms with Crippen molar-refractivity contribution in [2.45, 2.75) is 11.5 Å². The molecule has 10 heteroatoms. The topological polar surface area (TPSA) is 119 Å². The molecule has 7 rings (SSSR count). The van der Waals surface area contributed by atoms with Gasteiger partial charge in [-0.3, -0.25) is 5.10 Å². The minimum absolute atomic E-state index is 0.223. The van der Waals surface area contributed by atoms with Gasteiger partial charge < -0.3 is 9.72 Å². The summed E-state index contributed by atoms with van der Waals surface area (Å²) in [6, 6.07) is 23.7. The van der Waals surface area contributed by atoms with Crippen molar-refractivity contribution < 1.29 is 13.2 Å². The minimum atomic E-state index is -3.81. The van der Waals surface area contributed by atoms with Gasteiger partial charge in [0.1, 0.15) is 5.69 Å². The second-order valence-corrected chi connectivity index (χ2v) is 11.0. The van der Waals surface area contributed by atoms with Gasteiger partial charge in [-0.1, -0.05) is 48.5 Å². The maximum atomic E-state index is 13.6. The van der Waals surface area contributed by atoms with Gasteiger partial charge in [0.2, 0.25) is 0 Å². The molecule has 0 bridgehead atoms. The average molecular weight is 535 g/mol. The van der Waals surface area contributed by atoms with Gasteiger partial charge in [0.25, 0.3) is 10.0 Å². The molecule has 0 aliphatic carbocycles. The van der Waals surface area contributed by atoms with Crippen LogP contribution in [0.25, 0.3) is 55.6 Å². The van der Waals surface area contributed by atoms with Gasteiger partial charge >= 0.3 is 0 Å². The number of aromatic nitrogens is 6. The highest BCUT2D eigenvalue weighted by atomic mass is 32.2. The van der Waals surface area contributed by atoms with Crippen molar-refractivity contribution in [2.75, 3.05) is 7.11 Å². The van der Waals surface area contributed by atoms with Crippen LogP contribution in [0.2, 0.25) is 0 Å². The van der Waals surface area contributed by atoms with Crippen LogP contribution in [-0.2, 0) is 21.4 Å². The number of ether oxygens (including phenoxy) is 1. The molecule has 0 atom stereocenters. The number of pyridine rings is 1. The number of aromatic amines is 2. The molecule has 0 fully saturated rings. The van der Waals surface area contributed by atoms with Gasteiger partial charge in [0.15, 0.2) is 11.5 Å². The Morgan fingerprint density at radius 3 is 2.62 bits per heavy atom. The highest BCUT2D eigenvalue weighted by Gasteiger charge is 2.22. The first-order valence-electron chi connectivity index (χ1n) is 12.3. The second kappa shape index (κ2) is 8.90. The van der Waals surface area contributed by atoms with E-state index in [2.05, 4.69) is 20.2 Å². The zero-order valence-electron chi connectivity index (χ0n) is 20.8. The van der Waals surface area contributed by atoms with Crippen LogP contribution in [0.4, 0.5) is 0 Å². The molecule has 9 nitrogen and oxygen atoms in total. The van der Waals surface area contributed by atoms with Gasteiger partial charge in [0, 0.05) is 41.6 Å². The third kappa shape index (κ3) is 3.72. The molecule has 7 aromatic rings. The molecule has 0 aliphatic rings. The zero-order valence-corrected chi connectivity index (χ0v) is 21.6. The van der Waals surface area contributed by atoms with E-state index in [4.69, 9.17) is 9.72 Å². The molecule has 0 saturated heterocycles. The first-order chi connectivity index (χ1) is 19.0. The van der Waals surface area contributed by atoms with E-state index in [0.717, 1.165) is 38.5 Å². The molecule has 192 valence electrons. The van der Waals surface area contributed by atoms with Crippen LogP contribution in [0.15, 0.2) is 96.2 Å². The monoisotopic (exact) mass is 534 g/mol. The Kier molecular flexibility index (Phi) is 5.32. The fraction of sp³-hybridized carbons (Fsp3) is 0.0690. The zero-order chi connectivity index (χ0) is 26.6. The lowest BCUT2D eigenvalue weighted by atomic mass is 10.1. The summed E-state index contributed by atoms with van der Waals surface area (Å²) in [5.41, 5.74) is 6.03. The van der Waals surface area contributed by atoms with Crippen LogP contribution in [-0.4, -0.2) is 44.6 Å². The first-order valence-corrected chi connectivity index (χ1v) is 13.7. The van der Waals surface area contributed by atoms with Crippen LogP contribution in [0, 0.1) is 0 Å².